The number of amides is 1. The van der Waals surface area contributed by atoms with E-state index in [2.05, 4.69) is 42.6 Å². The van der Waals surface area contributed by atoms with Crippen LogP contribution >= 0.6 is 11.8 Å². The molecule has 2 aromatic carbocycles. The van der Waals surface area contributed by atoms with Gasteiger partial charge >= 0.3 is 0 Å². The second-order valence-corrected chi connectivity index (χ2v) is 6.93. The Hall–Kier alpha value is -1.94. The van der Waals surface area contributed by atoms with Crippen molar-refractivity contribution in [2.45, 2.75) is 26.5 Å². The third kappa shape index (κ3) is 6.28. The van der Waals surface area contributed by atoms with Crippen LogP contribution in [0.2, 0.25) is 0 Å². The zero-order valence-electron chi connectivity index (χ0n) is 14.6. The van der Waals surface area contributed by atoms with Gasteiger partial charge in [-0.25, -0.2) is 0 Å². The average Bonchev–Trinajstić information content (AvgIpc) is 2.55. The molecule has 0 fully saturated rings. The molecule has 1 N–H and O–H groups in total. The van der Waals surface area contributed by atoms with Crippen molar-refractivity contribution in [2.24, 2.45) is 0 Å². The molecule has 0 spiro atoms. The number of aryl methyl sites for hydroxylation is 3. The van der Waals surface area contributed by atoms with Gasteiger partial charge < -0.3 is 10.1 Å². The number of hydrogen-bond acceptors (Lipinski definition) is 3. The number of thioether (sulfide) groups is 1. The van der Waals surface area contributed by atoms with Crippen LogP contribution in [0, 0.1) is 20.8 Å². The Morgan fingerprint density at radius 1 is 1.08 bits per heavy atom. The summed E-state index contributed by atoms with van der Waals surface area (Å²) in [5.74, 6) is 2.26. The predicted octanol–water partition coefficient (Wildman–Crippen LogP) is 4.04. The fourth-order valence-electron chi connectivity index (χ4n) is 2.33. The maximum absolute atomic E-state index is 11.8. The highest BCUT2D eigenvalue weighted by molar-refractivity contribution is 7.99. The molecule has 2 aromatic rings. The summed E-state index contributed by atoms with van der Waals surface area (Å²) in [6.45, 7) is 7.15. The van der Waals surface area contributed by atoms with Crippen LogP contribution in [-0.2, 0) is 10.5 Å². The lowest BCUT2D eigenvalue weighted by Gasteiger charge is -2.10. The Labute approximate surface area is 148 Å². The van der Waals surface area contributed by atoms with Crippen LogP contribution in [-0.4, -0.2) is 24.8 Å². The highest BCUT2D eigenvalue weighted by Crippen LogP contribution is 2.18. The van der Waals surface area contributed by atoms with Crippen LogP contribution in [0.4, 0.5) is 0 Å². The van der Waals surface area contributed by atoms with Gasteiger partial charge in [0, 0.05) is 5.75 Å². The minimum Gasteiger partial charge on any atom is -0.491 e. The zero-order valence-corrected chi connectivity index (χ0v) is 15.4. The molecule has 3 nitrogen and oxygen atoms in total. The summed E-state index contributed by atoms with van der Waals surface area (Å²) in [5, 5.41) is 2.90. The van der Waals surface area contributed by atoms with Crippen LogP contribution in [0.5, 0.6) is 5.75 Å². The number of carbonyl (C=O) groups is 1. The van der Waals surface area contributed by atoms with Crippen molar-refractivity contribution in [1.29, 1.82) is 0 Å². The van der Waals surface area contributed by atoms with E-state index in [-0.39, 0.29) is 5.91 Å². The van der Waals surface area contributed by atoms with Gasteiger partial charge in [-0.1, -0.05) is 42.0 Å². The maximum Gasteiger partial charge on any atom is 0.230 e. The van der Waals surface area contributed by atoms with Gasteiger partial charge in [0.15, 0.2) is 0 Å². The molecule has 1 amide bonds. The van der Waals surface area contributed by atoms with E-state index >= 15 is 0 Å². The lowest BCUT2D eigenvalue weighted by atomic mass is 10.1. The van der Waals surface area contributed by atoms with Crippen molar-refractivity contribution in [3.8, 4) is 5.75 Å². The first-order chi connectivity index (χ1) is 11.5. The molecule has 0 unspecified atom stereocenters. The van der Waals surface area contributed by atoms with Gasteiger partial charge in [-0.2, -0.15) is 0 Å². The van der Waals surface area contributed by atoms with Crippen LogP contribution in [0.3, 0.4) is 0 Å². The highest BCUT2D eigenvalue weighted by Gasteiger charge is 2.03. The van der Waals surface area contributed by atoms with E-state index in [0.717, 1.165) is 17.1 Å². The number of nitrogens with one attached hydrogen (secondary N) is 1. The molecule has 0 heterocycles. The van der Waals surface area contributed by atoms with Crippen LogP contribution in [0.1, 0.15) is 22.3 Å². The summed E-state index contributed by atoms with van der Waals surface area (Å²) < 4.78 is 5.73. The Kier molecular flexibility index (Phi) is 7.19. The number of benzene rings is 2. The lowest BCUT2D eigenvalue weighted by Crippen LogP contribution is -2.29. The fraction of sp³-hybridized carbons (Fsp3) is 0.350. The smallest absolute Gasteiger partial charge is 0.230 e. The second kappa shape index (κ2) is 9.38. The van der Waals surface area contributed by atoms with E-state index in [9.17, 15) is 4.79 Å². The largest absolute Gasteiger partial charge is 0.491 e. The van der Waals surface area contributed by atoms with Gasteiger partial charge in [-0.05, 0) is 43.5 Å². The maximum atomic E-state index is 11.8. The normalized spacial score (nSPS) is 10.5. The predicted molar refractivity (Wildman–Crippen MR) is 102 cm³/mol. The first kappa shape index (κ1) is 18.4. The lowest BCUT2D eigenvalue weighted by molar-refractivity contribution is -0.118. The molecular weight excluding hydrogens is 318 g/mol. The molecule has 0 saturated carbocycles. The molecule has 0 bridgehead atoms. The molecule has 128 valence electrons. The summed E-state index contributed by atoms with van der Waals surface area (Å²) in [7, 11) is 0. The third-order valence-electron chi connectivity index (χ3n) is 3.61. The van der Waals surface area contributed by atoms with Gasteiger partial charge in [0.1, 0.15) is 12.4 Å². The molecule has 4 heteroatoms. The van der Waals surface area contributed by atoms with Gasteiger partial charge in [-0.3, -0.25) is 4.79 Å². The monoisotopic (exact) mass is 343 g/mol. The number of ether oxygens (including phenoxy) is 1. The number of carbonyl (C=O) groups excluding carboxylic acids is 1. The van der Waals surface area contributed by atoms with Crippen LogP contribution < -0.4 is 10.1 Å². The zero-order chi connectivity index (χ0) is 17.4. The first-order valence-electron chi connectivity index (χ1n) is 8.14. The summed E-state index contributed by atoms with van der Waals surface area (Å²) >= 11 is 1.63. The number of rotatable bonds is 8. The van der Waals surface area contributed by atoms with E-state index in [0.29, 0.717) is 18.9 Å². The van der Waals surface area contributed by atoms with Crippen molar-refractivity contribution in [3.63, 3.8) is 0 Å². The van der Waals surface area contributed by atoms with Gasteiger partial charge in [-0.15, -0.1) is 11.8 Å². The summed E-state index contributed by atoms with van der Waals surface area (Å²) in [6.07, 6.45) is 0. The Morgan fingerprint density at radius 2 is 1.88 bits per heavy atom. The fourth-order valence-corrected chi connectivity index (χ4v) is 3.13. The van der Waals surface area contributed by atoms with Crippen molar-refractivity contribution < 1.29 is 9.53 Å². The van der Waals surface area contributed by atoms with Gasteiger partial charge in [0.2, 0.25) is 5.91 Å². The molecule has 0 aliphatic heterocycles. The molecule has 0 aliphatic rings. The van der Waals surface area contributed by atoms with E-state index in [1.165, 1.54) is 16.7 Å². The molecule has 0 radical (unpaired) electrons. The van der Waals surface area contributed by atoms with Crippen molar-refractivity contribution in [2.75, 3.05) is 18.9 Å². The van der Waals surface area contributed by atoms with Crippen LogP contribution in [0.25, 0.3) is 0 Å². The van der Waals surface area contributed by atoms with Crippen molar-refractivity contribution in [3.05, 3.63) is 64.7 Å². The SMILES string of the molecule is Cc1cccc(CSCC(=O)NCCOc2cc(C)ccc2C)c1. The second-order valence-electron chi connectivity index (χ2n) is 5.95. The molecule has 24 heavy (non-hydrogen) atoms. The van der Waals surface area contributed by atoms with E-state index in [1.54, 1.807) is 11.8 Å². The number of hydrogen-bond donors (Lipinski definition) is 1. The minimum atomic E-state index is 0.0530. The summed E-state index contributed by atoms with van der Waals surface area (Å²) in [6, 6.07) is 14.5. The Morgan fingerprint density at radius 3 is 2.67 bits per heavy atom. The molecular formula is C20H25NO2S. The van der Waals surface area contributed by atoms with Gasteiger partial charge in [0.25, 0.3) is 0 Å². The molecule has 0 aromatic heterocycles. The van der Waals surface area contributed by atoms with Crippen LogP contribution in [0.15, 0.2) is 42.5 Å². The van der Waals surface area contributed by atoms with E-state index in [4.69, 9.17) is 4.74 Å². The topological polar surface area (TPSA) is 38.3 Å². The minimum absolute atomic E-state index is 0.0530. The Bertz CT molecular complexity index is 685. The standard InChI is InChI=1S/C20H25NO2S/c1-15-5-4-6-18(11-15)13-24-14-20(22)21-9-10-23-19-12-16(2)7-8-17(19)3/h4-8,11-12H,9-10,13-14H2,1-3H3,(H,21,22). The molecule has 0 saturated heterocycles. The van der Waals surface area contributed by atoms with E-state index < -0.39 is 0 Å². The molecule has 0 aliphatic carbocycles. The quantitative estimate of drug-likeness (QED) is 0.735. The molecule has 2 rings (SSSR count). The molecule has 0 atom stereocenters. The average molecular weight is 343 g/mol. The summed E-state index contributed by atoms with van der Waals surface area (Å²) in [5.41, 5.74) is 4.79. The summed E-state index contributed by atoms with van der Waals surface area (Å²) in [4.78, 5) is 11.8. The van der Waals surface area contributed by atoms with Crippen molar-refractivity contribution >= 4 is 17.7 Å². The van der Waals surface area contributed by atoms with Gasteiger partial charge in [0.05, 0.1) is 12.3 Å². The third-order valence-corrected chi connectivity index (χ3v) is 4.61. The Balaban J connectivity index is 1.62. The van der Waals surface area contributed by atoms with E-state index in [1.807, 2.05) is 26.0 Å². The van der Waals surface area contributed by atoms with Crippen molar-refractivity contribution in [1.82, 2.24) is 5.32 Å². The highest BCUT2D eigenvalue weighted by atomic mass is 32.2. The first-order valence-corrected chi connectivity index (χ1v) is 9.30.